The van der Waals surface area contributed by atoms with Gasteiger partial charge in [-0.2, -0.15) is 9.78 Å². The van der Waals surface area contributed by atoms with Crippen molar-refractivity contribution in [3.8, 4) is 5.69 Å². The van der Waals surface area contributed by atoms with E-state index < -0.39 is 0 Å². The molecule has 3 rings (SSSR count). The molecule has 1 saturated heterocycles. The maximum atomic E-state index is 12.6. The number of hydrogen-bond donors (Lipinski definition) is 1. The minimum Gasteiger partial charge on any atom is -0.380 e. The van der Waals surface area contributed by atoms with Gasteiger partial charge in [0.15, 0.2) is 0 Å². The fourth-order valence-corrected chi connectivity index (χ4v) is 3.45. The highest BCUT2D eigenvalue weighted by molar-refractivity contribution is 6.33. The van der Waals surface area contributed by atoms with Gasteiger partial charge in [-0.05, 0) is 37.5 Å². The molecule has 0 bridgehead atoms. The molecule has 1 N–H and O–H groups in total. The largest absolute Gasteiger partial charge is 0.380 e. The van der Waals surface area contributed by atoms with Gasteiger partial charge in [-0.3, -0.25) is 9.69 Å². The third-order valence-electron chi connectivity index (χ3n) is 4.65. The summed E-state index contributed by atoms with van der Waals surface area (Å²) in [5.74, 6) is 0. The van der Waals surface area contributed by atoms with E-state index in [9.17, 15) is 4.79 Å². The maximum Gasteiger partial charge on any atom is 0.292 e. The van der Waals surface area contributed by atoms with Crippen LogP contribution in [0.5, 0.6) is 0 Å². The second-order valence-corrected chi connectivity index (χ2v) is 7.32. The molecule has 0 spiro atoms. The monoisotopic (exact) mass is 392 g/mol. The van der Waals surface area contributed by atoms with Gasteiger partial charge in [0, 0.05) is 30.7 Å². The number of aryl methyl sites for hydroxylation is 1. The van der Waals surface area contributed by atoms with E-state index >= 15 is 0 Å². The van der Waals surface area contributed by atoms with Gasteiger partial charge in [-0.1, -0.05) is 35.3 Å². The summed E-state index contributed by atoms with van der Waals surface area (Å²) < 4.78 is 1.27. The second kappa shape index (κ2) is 8.25. The van der Waals surface area contributed by atoms with Gasteiger partial charge in [0.2, 0.25) is 0 Å². The minimum absolute atomic E-state index is 0.144. The molecule has 0 saturated carbocycles. The highest BCUT2D eigenvalue weighted by Gasteiger charge is 2.20. The number of aromatic nitrogens is 2. The number of hydrogen-bond acceptors (Lipinski definition) is 4. The summed E-state index contributed by atoms with van der Waals surface area (Å²) in [7, 11) is 0. The fourth-order valence-electron chi connectivity index (χ4n) is 3.09. The summed E-state index contributed by atoms with van der Waals surface area (Å²) >= 11 is 12.5. The molecule has 0 unspecified atom stereocenters. The first kappa shape index (κ1) is 19.0. The Balaban J connectivity index is 1.77. The van der Waals surface area contributed by atoms with Crippen molar-refractivity contribution in [1.29, 1.82) is 0 Å². The molecular formula is C19H22Cl2N4O. The fraction of sp³-hybridized carbons (Fsp3) is 0.368. The Bertz CT molecular complexity index is 857. The molecule has 2 aromatic rings. The van der Waals surface area contributed by atoms with Gasteiger partial charge < -0.3 is 5.32 Å². The zero-order chi connectivity index (χ0) is 18.7. The topological polar surface area (TPSA) is 50.2 Å². The van der Waals surface area contributed by atoms with Gasteiger partial charge in [0.25, 0.3) is 5.56 Å². The van der Waals surface area contributed by atoms with Crippen LogP contribution >= 0.6 is 23.2 Å². The Morgan fingerprint density at radius 3 is 2.73 bits per heavy atom. The van der Waals surface area contributed by atoms with E-state index in [4.69, 9.17) is 23.2 Å². The van der Waals surface area contributed by atoms with Crippen LogP contribution in [0.3, 0.4) is 0 Å². The van der Waals surface area contributed by atoms with Crippen molar-refractivity contribution < 1.29 is 0 Å². The van der Waals surface area contributed by atoms with Gasteiger partial charge in [0.1, 0.15) is 5.02 Å². The van der Waals surface area contributed by atoms with Crippen molar-refractivity contribution in [2.75, 3.05) is 25.0 Å². The normalized spacial score (nSPS) is 15.8. The molecule has 0 radical (unpaired) electrons. The second-order valence-electron chi connectivity index (χ2n) is 6.53. The van der Waals surface area contributed by atoms with Crippen molar-refractivity contribution in [2.24, 2.45) is 0 Å². The van der Waals surface area contributed by atoms with E-state index in [1.54, 1.807) is 18.3 Å². The number of nitrogens with one attached hydrogen (secondary N) is 1. The van der Waals surface area contributed by atoms with Crippen LogP contribution in [0, 0.1) is 6.92 Å². The first-order valence-corrected chi connectivity index (χ1v) is 9.39. The van der Waals surface area contributed by atoms with E-state index in [-0.39, 0.29) is 16.6 Å². The van der Waals surface area contributed by atoms with Crippen molar-refractivity contribution in [2.45, 2.75) is 25.8 Å². The van der Waals surface area contributed by atoms with Gasteiger partial charge in [-0.15, -0.1) is 6.58 Å². The number of nitrogens with zero attached hydrogens (tertiary/aromatic N) is 3. The Morgan fingerprint density at radius 1 is 1.35 bits per heavy atom. The predicted molar refractivity (Wildman–Crippen MR) is 108 cm³/mol. The van der Waals surface area contributed by atoms with Crippen LogP contribution in [-0.4, -0.2) is 40.4 Å². The van der Waals surface area contributed by atoms with Crippen LogP contribution in [0.25, 0.3) is 5.69 Å². The van der Waals surface area contributed by atoms with Crippen LogP contribution in [0.15, 0.2) is 41.8 Å². The number of halogens is 2. The first-order chi connectivity index (χ1) is 12.5. The molecule has 0 atom stereocenters. The van der Waals surface area contributed by atoms with E-state index in [0.29, 0.717) is 16.4 Å². The van der Waals surface area contributed by atoms with Crippen molar-refractivity contribution in [3.63, 3.8) is 0 Å². The molecule has 1 aliphatic heterocycles. The van der Waals surface area contributed by atoms with Crippen LogP contribution in [-0.2, 0) is 0 Å². The quantitative estimate of drug-likeness (QED) is 0.783. The summed E-state index contributed by atoms with van der Waals surface area (Å²) in [6.07, 6.45) is 5.50. The van der Waals surface area contributed by atoms with Crippen molar-refractivity contribution in [1.82, 2.24) is 14.7 Å². The number of benzene rings is 1. The molecule has 7 heteroatoms. The molecule has 5 nitrogen and oxygen atoms in total. The third kappa shape index (κ3) is 4.11. The SMILES string of the molecule is C=CCN1CCC(Nc2cnn(-c3ccc(C)c(Cl)c3)c(=O)c2Cl)CC1. The number of rotatable bonds is 5. The average molecular weight is 393 g/mol. The molecule has 1 aromatic carbocycles. The van der Waals surface area contributed by atoms with Gasteiger partial charge in [0.05, 0.1) is 17.6 Å². The molecular weight excluding hydrogens is 371 g/mol. The molecule has 138 valence electrons. The zero-order valence-corrected chi connectivity index (χ0v) is 16.2. The van der Waals surface area contributed by atoms with Crippen LogP contribution in [0.4, 0.5) is 5.69 Å². The summed E-state index contributed by atoms with van der Waals surface area (Å²) in [4.78, 5) is 15.0. The smallest absolute Gasteiger partial charge is 0.292 e. The Labute approximate surface area is 163 Å². The lowest BCUT2D eigenvalue weighted by Gasteiger charge is -2.32. The van der Waals surface area contributed by atoms with E-state index in [1.165, 1.54) is 4.68 Å². The van der Waals surface area contributed by atoms with Crippen LogP contribution in [0.2, 0.25) is 10.0 Å². The molecule has 0 amide bonds. The van der Waals surface area contributed by atoms with E-state index in [2.05, 4.69) is 21.9 Å². The molecule has 2 heterocycles. The number of likely N-dealkylation sites (tertiary alicyclic amines) is 1. The van der Waals surface area contributed by atoms with Gasteiger partial charge in [-0.25, -0.2) is 0 Å². The highest BCUT2D eigenvalue weighted by atomic mass is 35.5. The Morgan fingerprint density at radius 2 is 2.08 bits per heavy atom. The molecule has 1 aliphatic rings. The standard InChI is InChI=1S/C19H22Cl2N4O/c1-3-8-24-9-6-14(7-10-24)23-17-12-22-25(19(26)18(17)21)15-5-4-13(2)16(20)11-15/h3-5,11-12,14,23H,1,6-10H2,2H3. The Hall–Kier alpha value is -1.82. The molecule has 26 heavy (non-hydrogen) atoms. The lowest BCUT2D eigenvalue weighted by molar-refractivity contribution is 0.240. The summed E-state index contributed by atoms with van der Waals surface area (Å²) in [6.45, 7) is 8.58. The van der Waals surface area contributed by atoms with E-state index in [0.717, 1.165) is 38.0 Å². The molecule has 1 fully saturated rings. The number of anilines is 1. The van der Waals surface area contributed by atoms with Crippen molar-refractivity contribution in [3.05, 3.63) is 63.0 Å². The zero-order valence-electron chi connectivity index (χ0n) is 14.7. The van der Waals surface area contributed by atoms with Gasteiger partial charge >= 0.3 is 0 Å². The minimum atomic E-state index is -0.360. The van der Waals surface area contributed by atoms with E-state index in [1.807, 2.05) is 19.1 Å². The first-order valence-electron chi connectivity index (χ1n) is 8.63. The lowest BCUT2D eigenvalue weighted by Crippen LogP contribution is -2.39. The lowest BCUT2D eigenvalue weighted by atomic mass is 10.0. The molecule has 0 aliphatic carbocycles. The average Bonchev–Trinajstić information content (AvgIpc) is 2.63. The van der Waals surface area contributed by atoms with Crippen LogP contribution in [0.1, 0.15) is 18.4 Å². The molecule has 1 aromatic heterocycles. The van der Waals surface area contributed by atoms with Crippen molar-refractivity contribution >= 4 is 28.9 Å². The maximum absolute atomic E-state index is 12.6. The Kier molecular flexibility index (Phi) is 6.01. The summed E-state index contributed by atoms with van der Waals surface area (Å²) in [5.41, 5.74) is 1.75. The number of piperidine rings is 1. The highest BCUT2D eigenvalue weighted by Crippen LogP contribution is 2.23. The third-order valence-corrected chi connectivity index (χ3v) is 5.43. The van der Waals surface area contributed by atoms with Crippen LogP contribution < -0.4 is 10.9 Å². The predicted octanol–water partition coefficient (Wildman–Crippen LogP) is 3.91. The summed E-state index contributed by atoms with van der Waals surface area (Å²) in [5, 5.41) is 8.36. The summed E-state index contributed by atoms with van der Waals surface area (Å²) in [6, 6.07) is 5.64.